The highest BCUT2D eigenvalue weighted by molar-refractivity contribution is 7.89. The molecule has 18 heavy (non-hydrogen) atoms. The van der Waals surface area contributed by atoms with E-state index in [0.717, 1.165) is 12.5 Å². The van der Waals surface area contributed by atoms with Crippen LogP contribution < -0.4 is 10.5 Å². The van der Waals surface area contributed by atoms with Crippen molar-refractivity contribution in [1.82, 2.24) is 4.72 Å². The van der Waals surface area contributed by atoms with Crippen LogP contribution in [-0.4, -0.2) is 21.0 Å². The molecule has 0 bridgehead atoms. The summed E-state index contributed by atoms with van der Waals surface area (Å²) in [6, 6.07) is 3.51. The van der Waals surface area contributed by atoms with Crippen LogP contribution in [0.5, 0.6) is 0 Å². The molecule has 3 N–H and O–H groups in total. The van der Waals surface area contributed by atoms with E-state index in [2.05, 4.69) is 4.72 Å². The average Bonchev–Trinajstić information content (AvgIpc) is 2.29. The van der Waals surface area contributed by atoms with Crippen molar-refractivity contribution in [2.75, 3.05) is 6.54 Å². The van der Waals surface area contributed by atoms with E-state index < -0.39 is 15.8 Å². The zero-order valence-corrected chi connectivity index (χ0v) is 11.4. The van der Waals surface area contributed by atoms with Crippen LogP contribution in [0, 0.1) is 12.7 Å². The summed E-state index contributed by atoms with van der Waals surface area (Å²) in [6.07, 6.45) is 1.40. The fourth-order valence-corrected chi connectivity index (χ4v) is 3.21. The van der Waals surface area contributed by atoms with E-state index in [1.165, 1.54) is 12.1 Å². The minimum atomic E-state index is -3.67. The number of sulfonamides is 1. The van der Waals surface area contributed by atoms with Crippen LogP contribution in [0.15, 0.2) is 23.1 Å². The van der Waals surface area contributed by atoms with Gasteiger partial charge >= 0.3 is 0 Å². The number of rotatable bonds is 6. The first-order valence-corrected chi connectivity index (χ1v) is 7.33. The third kappa shape index (κ3) is 4.04. The van der Waals surface area contributed by atoms with Gasteiger partial charge in [-0.05, 0) is 50.9 Å². The first-order chi connectivity index (χ1) is 8.36. The van der Waals surface area contributed by atoms with Crippen molar-refractivity contribution in [3.63, 3.8) is 0 Å². The molecule has 0 fully saturated rings. The van der Waals surface area contributed by atoms with Gasteiger partial charge in [-0.15, -0.1) is 0 Å². The molecule has 0 aliphatic carbocycles. The lowest BCUT2D eigenvalue weighted by molar-refractivity contribution is 0.537. The number of hydrogen-bond acceptors (Lipinski definition) is 3. The Hall–Kier alpha value is -0.980. The first kappa shape index (κ1) is 15.1. The molecule has 4 nitrogen and oxygen atoms in total. The zero-order chi connectivity index (χ0) is 13.8. The van der Waals surface area contributed by atoms with Crippen LogP contribution in [-0.2, 0) is 10.0 Å². The van der Waals surface area contributed by atoms with E-state index in [4.69, 9.17) is 5.73 Å². The molecular formula is C12H19FN2O2S. The maximum Gasteiger partial charge on any atom is 0.241 e. The van der Waals surface area contributed by atoms with Gasteiger partial charge in [-0.3, -0.25) is 0 Å². The molecule has 0 heterocycles. The molecule has 0 aliphatic rings. The van der Waals surface area contributed by atoms with Gasteiger partial charge in [-0.25, -0.2) is 17.5 Å². The summed E-state index contributed by atoms with van der Waals surface area (Å²) < 4.78 is 39.8. The van der Waals surface area contributed by atoms with Gasteiger partial charge in [0.1, 0.15) is 5.82 Å². The second-order valence-electron chi connectivity index (χ2n) is 4.36. The summed E-state index contributed by atoms with van der Waals surface area (Å²) in [4.78, 5) is -0.0119. The SMILES string of the molecule is Cc1ccc(F)cc1S(=O)(=O)NC(C)CCCN. The number of halogens is 1. The molecule has 1 aromatic carbocycles. The molecule has 0 saturated heterocycles. The quantitative estimate of drug-likeness (QED) is 0.826. The van der Waals surface area contributed by atoms with E-state index in [-0.39, 0.29) is 10.9 Å². The highest BCUT2D eigenvalue weighted by atomic mass is 32.2. The highest BCUT2D eigenvalue weighted by Crippen LogP contribution is 2.17. The number of aryl methyl sites for hydroxylation is 1. The second-order valence-corrected chi connectivity index (χ2v) is 6.05. The van der Waals surface area contributed by atoms with E-state index in [0.29, 0.717) is 18.5 Å². The van der Waals surface area contributed by atoms with Gasteiger partial charge < -0.3 is 5.73 Å². The molecule has 1 atom stereocenters. The van der Waals surface area contributed by atoms with Crippen LogP contribution in [0.3, 0.4) is 0 Å². The Labute approximate surface area is 107 Å². The van der Waals surface area contributed by atoms with Crippen LogP contribution >= 0.6 is 0 Å². The van der Waals surface area contributed by atoms with Crippen molar-refractivity contribution in [3.8, 4) is 0 Å². The third-order valence-electron chi connectivity index (χ3n) is 2.64. The van der Waals surface area contributed by atoms with Gasteiger partial charge in [0.05, 0.1) is 4.90 Å². The lowest BCUT2D eigenvalue weighted by atomic mass is 10.2. The lowest BCUT2D eigenvalue weighted by Gasteiger charge is -2.15. The van der Waals surface area contributed by atoms with Crippen molar-refractivity contribution < 1.29 is 12.8 Å². The van der Waals surface area contributed by atoms with Crippen LogP contribution in [0.25, 0.3) is 0 Å². The number of hydrogen-bond donors (Lipinski definition) is 2. The molecule has 6 heteroatoms. The van der Waals surface area contributed by atoms with E-state index >= 15 is 0 Å². The highest BCUT2D eigenvalue weighted by Gasteiger charge is 2.19. The van der Waals surface area contributed by atoms with Crippen molar-refractivity contribution in [1.29, 1.82) is 0 Å². The summed E-state index contributed by atoms with van der Waals surface area (Å²) in [6.45, 7) is 3.92. The molecule has 0 saturated carbocycles. The predicted octanol–water partition coefficient (Wildman–Crippen LogP) is 1.54. The average molecular weight is 274 g/mol. The van der Waals surface area contributed by atoms with Gasteiger partial charge in [0.25, 0.3) is 0 Å². The Morgan fingerprint density at radius 3 is 2.72 bits per heavy atom. The maximum absolute atomic E-state index is 13.1. The minimum Gasteiger partial charge on any atom is -0.330 e. The summed E-state index contributed by atoms with van der Waals surface area (Å²) in [5, 5.41) is 0. The van der Waals surface area contributed by atoms with Gasteiger partial charge in [-0.2, -0.15) is 0 Å². The normalized spacial score (nSPS) is 13.6. The molecule has 102 valence electrons. The Bertz CT molecular complexity index is 503. The molecule has 0 spiro atoms. The molecule has 0 radical (unpaired) electrons. The smallest absolute Gasteiger partial charge is 0.241 e. The maximum atomic E-state index is 13.1. The summed E-state index contributed by atoms with van der Waals surface area (Å²) >= 11 is 0. The van der Waals surface area contributed by atoms with Gasteiger partial charge in [0.15, 0.2) is 0 Å². The Morgan fingerprint density at radius 1 is 1.44 bits per heavy atom. The number of nitrogens with one attached hydrogen (secondary N) is 1. The molecule has 0 aliphatic heterocycles. The topological polar surface area (TPSA) is 72.2 Å². The van der Waals surface area contributed by atoms with Crippen LogP contribution in [0.2, 0.25) is 0 Å². The summed E-state index contributed by atoms with van der Waals surface area (Å²) in [5.74, 6) is -0.560. The zero-order valence-electron chi connectivity index (χ0n) is 10.6. The third-order valence-corrected chi connectivity index (χ3v) is 4.37. The molecule has 1 rings (SSSR count). The van der Waals surface area contributed by atoms with Crippen molar-refractivity contribution in [3.05, 3.63) is 29.6 Å². The lowest BCUT2D eigenvalue weighted by Crippen LogP contribution is -2.33. The van der Waals surface area contributed by atoms with Crippen LogP contribution in [0.1, 0.15) is 25.3 Å². The molecule has 1 unspecified atom stereocenters. The van der Waals surface area contributed by atoms with Gasteiger partial charge in [-0.1, -0.05) is 6.07 Å². The number of nitrogens with two attached hydrogens (primary N) is 1. The molecular weight excluding hydrogens is 255 g/mol. The monoisotopic (exact) mass is 274 g/mol. The standard InChI is InChI=1S/C12H19FN2O2S/c1-9-5-6-11(13)8-12(9)18(16,17)15-10(2)4-3-7-14/h5-6,8,10,15H,3-4,7,14H2,1-2H3. The largest absolute Gasteiger partial charge is 0.330 e. The minimum absolute atomic E-state index is 0.0119. The summed E-state index contributed by atoms with van der Waals surface area (Å²) in [7, 11) is -3.67. The van der Waals surface area contributed by atoms with Crippen molar-refractivity contribution in [2.45, 2.75) is 37.6 Å². The fraction of sp³-hybridized carbons (Fsp3) is 0.500. The Kier molecular flexibility index (Phi) is 5.25. The first-order valence-electron chi connectivity index (χ1n) is 5.85. The van der Waals surface area contributed by atoms with E-state index in [1.807, 2.05) is 0 Å². The predicted molar refractivity (Wildman–Crippen MR) is 69.2 cm³/mol. The summed E-state index contributed by atoms with van der Waals surface area (Å²) in [5.41, 5.74) is 5.89. The fourth-order valence-electron chi connectivity index (χ4n) is 1.67. The Morgan fingerprint density at radius 2 is 2.11 bits per heavy atom. The van der Waals surface area contributed by atoms with Gasteiger partial charge in [0, 0.05) is 6.04 Å². The van der Waals surface area contributed by atoms with Crippen LogP contribution in [0.4, 0.5) is 4.39 Å². The van der Waals surface area contributed by atoms with Crippen molar-refractivity contribution in [2.24, 2.45) is 5.73 Å². The Balaban J connectivity index is 2.89. The molecule has 1 aromatic rings. The number of benzene rings is 1. The molecule has 0 amide bonds. The second kappa shape index (κ2) is 6.26. The van der Waals surface area contributed by atoms with E-state index in [1.54, 1.807) is 13.8 Å². The van der Waals surface area contributed by atoms with Gasteiger partial charge in [0.2, 0.25) is 10.0 Å². The van der Waals surface area contributed by atoms with E-state index in [9.17, 15) is 12.8 Å². The van der Waals surface area contributed by atoms with Crippen molar-refractivity contribution >= 4 is 10.0 Å². The molecule has 0 aromatic heterocycles.